The minimum atomic E-state index is -0.621. The summed E-state index contributed by atoms with van der Waals surface area (Å²) in [6.45, 7) is 1.83. The Morgan fingerprint density at radius 1 is 1.41 bits per heavy atom. The molecule has 9 nitrogen and oxygen atoms in total. The molecule has 0 atom stereocenters. The zero-order valence-corrected chi connectivity index (χ0v) is 14.9. The van der Waals surface area contributed by atoms with Crippen LogP contribution in [-0.2, 0) is 13.1 Å². The standard InChI is InChI=1S/C16H17ClFN7O2/c17-12-8-11(2-3-13(12)18)25(26)16(19)15-14(22-27-23-15)9-20-4-1-6-24-7-5-21-10-24/h2-3,5,7-8,10,19-20,26H,1,4,6,9H2. The van der Waals surface area contributed by atoms with Crippen molar-refractivity contribution in [3.05, 3.63) is 59.1 Å². The Morgan fingerprint density at radius 2 is 2.26 bits per heavy atom. The first-order valence-electron chi connectivity index (χ1n) is 8.07. The van der Waals surface area contributed by atoms with Gasteiger partial charge in [0, 0.05) is 25.5 Å². The van der Waals surface area contributed by atoms with Gasteiger partial charge in [0.25, 0.3) is 0 Å². The average Bonchev–Trinajstić information content (AvgIpc) is 3.34. The topological polar surface area (TPSA) is 116 Å². The number of hydrogen-bond donors (Lipinski definition) is 3. The molecule has 0 saturated heterocycles. The van der Waals surface area contributed by atoms with Crippen LogP contribution in [0, 0.1) is 11.2 Å². The van der Waals surface area contributed by atoms with Crippen LogP contribution in [0.5, 0.6) is 0 Å². The molecule has 0 saturated carbocycles. The van der Waals surface area contributed by atoms with Gasteiger partial charge in [0.1, 0.15) is 11.5 Å². The summed E-state index contributed by atoms with van der Waals surface area (Å²) in [5.41, 5.74) is 0.559. The van der Waals surface area contributed by atoms with E-state index in [4.69, 9.17) is 21.6 Å². The van der Waals surface area contributed by atoms with Crippen LogP contribution in [0.1, 0.15) is 17.8 Å². The summed E-state index contributed by atoms with van der Waals surface area (Å²) in [4.78, 5) is 3.98. The Balaban J connectivity index is 1.56. The minimum absolute atomic E-state index is 0.0695. The first-order valence-corrected chi connectivity index (χ1v) is 8.45. The summed E-state index contributed by atoms with van der Waals surface area (Å²) in [7, 11) is 0. The Labute approximate surface area is 158 Å². The van der Waals surface area contributed by atoms with Crippen molar-refractivity contribution in [1.29, 1.82) is 5.41 Å². The molecule has 0 aliphatic carbocycles. The molecule has 11 heteroatoms. The van der Waals surface area contributed by atoms with Gasteiger partial charge in [-0.1, -0.05) is 16.8 Å². The predicted octanol–water partition coefficient (Wildman–Crippen LogP) is 2.46. The van der Waals surface area contributed by atoms with Crippen LogP contribution in [0.15, 0.2) is 41.5 Å². The van der Waals surface area contributed by atoms with Crippen molar-refractivity contribution in [3.8, 4) is 0 Å². The van der Waals surface area contributed by atoms with E-state index in [1.807, 2.05) is 10.8 Å². The van der Waals surface area contributed by atoms with E-state index in [2.05, 4.69) is 20.6 Å². The smallest absolute Gasteiger partial charge is 0.182 e. The Kier molecular flexibility index (Phi) is 6.12. The summed E-state index contributed by atoms with van der Waals surface area (Å²) in [5.74, 6) is -0.988. The van der Waals surface area contributed by atoms with E-state index in [0.29, 0.717) is 23.8 Å². The van der Waals surface area contributed by atoms with Crippen LogP contribution in [0.4, 0.5) is 10.1 Å². The van der Waals surface area contributed by atoms with E-state index in [1.54, 1.807) is 12.5 Å². The molecular weight excluding hydrogens is 377 g/mol. The SMILES string of the molecule is N=C(c1nonc1CNCCCn1ccnc1)N(O)c1ccc(F)c(Cl)c1. The van der Waals surface area contributed by atoms with Crippen LogP contribution in [0.2, 0.25) is 5.02 Å². The fraction of sp³-hybridized carbons (Fsp3) is 0.250. The molecule has 3 rings (SSSR count). The molecule has 2 aromatic heterocycles. The normalized spacial score (nSPS) is 10.9. The largest absolute Gasteiger partial charge is 0.337 e. The van der Waals surface area contributed by atoms with Crippen molar-refractivity contribution in [1.82, 2.24) is 25.2 Å². The highest BCUT2D eigenvalue weighted by Gasteiger charge is 2.21. The fourth-order valence-corrected chi connectivity index (χ4v) is 2.54. The number of rotatable bonds is 8. The lowest BCUT2D eigenvalue weighted by atomic mass is 10.2. The molecular formula is C16H17ClFN7O2. The van der Waals surface area contributed by atoms with Gasteiger partial charge in [-0.3, -0.25) is 10.6 Å². The van der Waals surface area contributed by atoms with Crippen molar-refractivity contribution < 1.29 is 14.2 Å². The summed E-state index contributed by atoms with van der Waals surface area (Å²) < 4.78 is 19.9. The van der Waals surface area contributed by atoms with Crippen LogP contribution >= 0.6 is 11.6 Å². The van der Waals surface area contributed by atoms with E-state index in [-0.39, 0.29) is 22.2 Å². The highest BCUT2D eigenvalue weighted by molar-refractivity contribution is 6.31. The highest BCUT2D eigenvalue weighted by atomic mass is 35.5. The summed E-state index contributed by atoms with van der Waals surface area (Å²) in [5, 5.41) is 29.3. The first kappa shape index (κ1) is 19.0. The van der Waals surface area contributed by atoms with Gasteiger partial charge in [-0.2, -0.15) is 0 Å². The minimum Gasteiger partial charge on any atom is -0.337 e. The molecule has 0 spiro atoms. The van der Waals surface area contributed by atoms with E-state index in [0.717, 1.165) is 19.0 Å². The Hall–Kier alpha value is -2.82. The van der Waals surface area contributed by atoms with Crippen molar-refractivity contribution in [2.45, 2.75) is 19.5 Å². The number of nitrogens with one attached hydrogen (secondary N) is 2. The molecule has 0 fully saturated rings. The molecule has 0 aliphatic rings. The van der Waals surface area contributed by atoms with Crippen molar-refractivity contribution in [2.75, 3.05) is 11.6 Å². The van der Waals surface area contributed by atoms with E-state index >= 15 is 0 Å². The van der Waals surface area contributed by atoms with Crippen molar-refractivity contribution in [2.24, 2.45) is 0 Å². The molecule has 142 valence electrons. The van der Waals surface area contributed by atoms with Crippen LogP contribution < -0.4 is 10.4 Å². The number of amidine groups is 1. The molecule has 3 N–H and O–H groups in total. The molecule has 1 aromatic carbocycles. The maximum Gasteiger partial charge on any atom is 0.182 e. The summed E-state index contributed by atoms with van der Waals surface area (Å²) in [6.07, 6.45) is 6.23. The zero-order chi connectivity index (χ0) is 19.2. The van der Waals surface area contributed by atoms with Gasteiger partial charge in [-0.05, 0) is 36.3 Å². The molecule has 27 heavy (non-hydrogen) atoms. The lowest BCUT2D eigenvalue weighted by Gasteiger charge is -2.16. The number of hydrogen-bond acceptors (Lipinski definition) is 7. The second-order valence-corrected chi connectivity index (χ2v) is 6.06. The predicted molar refractivity (Wildman–Crippen MR) is 95.4 cm³/mol. The molecule has 0 aliphatic heterocycles. The van der Waals surface area contributed by atoms with Gasteiger partial charge in [-0.25, -0.2) is 19.1 Å². The lowest BCUT2D eigenvalue weighted by Crippen LogP contribution is -2.29. The maximum atomic E-state index is 13.3. The molecule has 3 aromatic rings. The zero-order valence-electron chi connectivity index (χ0n) is 14.1. The van der Waals surface area contributed by atoms with Gasteiger partial charge in [0.15, 0.2) is 11.5 Å². The monoisotopic (exact) mass is 393 g/mol. The molecule has 0 radical (unpaired) electrons. The van der Waals surface area contributed by atoms with E-state index < -0.39 is 5.82 Å². The third kappa shape index (κ3) is 4.67. The van der Waals surface area contributed by atoms with E-state index in [1.165, 1.54) is 12.1 Å². The number of nitrogens with zero attached hydrogens (tertiary/aromatic N) is 5. The van der Waals surface area contributed by atoms with Gasteiger partial charge < -0.3 is 9.88 Å². The molecule has 2 heterocycles. The van der Waals surface area contributed by atoms with Crippen molar-refractivity contribution in [3.63, 3.8) is 0 Å². The van der Waals surface area contributed by atoms with Crippen LogP contribution in [-0.4, -0.2) is 37.5 Å². The number of aryl methyl sites for hydroxylation is 1. The third-order valence-corrected chi connectivity index (χ3v) is 4.05. The quantitative estimate of drug-likeness (QED) is 0.233. The number of imidazole rings is 1. The second-order valence-electron chi connectivity index (χ2n) is 5.65. The number of hydroxylamine groups is 1. The Bertz CT molecular complexity index is 900. The van der Waals surface area contributed by atoms with Crippen LogP contribution in [0.3, 0.4) is 0 Å². The summed E-state index contributed by atoms with van der Waals surface area (Å²) in [6, 6.07) is 3.59. The van der Waals surface area contributed by atoms with Gasteiger partial charge >= 0.3 is 0 Å². The lowest BCUT2D eigenvalue weighted by molar-refractivity contribution is 0.297. The number of aromatic nitrogens is 4. The van der Waals surface area contributed by atoms with Crippen LogP contribution in [0.25, 0.3) is 0 Å². The molecule has 0 unspecified atom stereocenters. The molecule has 0 amide bonds. The second kappa shape index (κ2) is 8.71. The van der Waals surface area contributed by atoms with Gasteiger partial charge in [-0.15, -0.1) is 0 Å². The Morgan fingerprint density at radius 3 is 3.00 bits per heavy atom. The third-order valence-electron chi connectivity index (χ3n) is 3.76. The fourth-order valence-electron chi connectivity index (χ4n) is 2.36. The number of halogens is 2. The highest BCUT2D eigenvalue weighted by Crippen LogP contribution is 2.23. The first-order chi connectivity index (χ1) is 13.1. The van der Waals surface area contributed by atoms with Crippen molar-refractivity contribution >= 4 is 23.1 Å². The van der Waals surface area contributed by atoms with Gasteiger partial charge in [0.05, 0.1) is 17.0 Å². The maximum absolute atomic E-state index is 13.3. The van der Waals surface area contributed by atoms with Gasteiger partial charge in [0.2, 0.25) is 0 Å². The number of anilines is 1. The number of benzene rings is 1. The molecule has 0 bridgehead atoms. The van der Waals surface area contributed by atoms with E-state index in [9.17, 15) is 9.60 Å². The average molecular weight is 394 g/mol. The summed E-state index contributed by atoms with van der Waals surface area (Å²) >= 11 is 5.71.